The minimum atomic E-state index is 0.496. The van der Waals surface area contributed by atoms with Gasteiger partial charge in [-0.05, 0) is 30.2 Å². The second-order valence-corrected chi connectivity index (χ2v) is 6.55. The van der Waals surface area contributed by atoms with Gasteiger partial charge in [0.05, 0.1) is 5.69 Å². The summed E-state index contributed by atoms with van der Waals surface area (Å²) in [5.41, 5.74) is 5.20. The predicted molar refractivity (Wildman–Crippen MR) is 86.5 cm³/mol. The SMILES string of the molecule is CC(C)NCc1csc(-c2ccc3c(c2)CCN3C)n1. The van der Waals surface area contributed by atoms with Gasteiger partial charge in [-0.3, -0.25) is 0 Å². The van der Waals surface area contributed by atoms with Gasteiger partial charge in [-0.25, -0.2) is 4.98 Å². The molecule has 3 rings (SSSR count). The Morgan fingerprint density at radius 2 is 2.25 bits per heavy atom. The molecule has 0 amide bonds. The molecule has 0 bridgehead atoms. The van der Waals surface area contributed by atoms with Gasteiger partial charge in [0.2, 0.25) is 0 Å². The number of thiazole rings is 1. The van der Waals surface area contributed by atoms with Crippen LogP contribution in [0.1, 0.15) is 25.1 Å². The van der Waals surface area contributed by atoms with Gasteiger partial charge in [-0.2, -0.15) is 0 Å². The molecule has 0 fully saturated rings. The Kier molecular flexibility index (Phi) is 3.76. The number of likely N-dealkylation sites (N-methyl/N-ethyl adjacent to an activating group) is 1. The first-order chi connectivity index (χ1) is 9.63. The van der Waals surface area contributed by atoms with E-state index in [0.29, 0.717) is 6.04 Å². The smallest absolute Gasteiger partial charge is 0.123 e. The normalized spacial score (nSPS) is 14.1. The first-order valence-corrected chi connectivity index (χ1v) is 8.03. The first-order valence-electron chi connectivity index (χ1n) is 7.15. The molecule has 0 atom stereocenters. The number of fused-ring (bicyclic) bond motifs is 1. The summed E-state index contributed by atoms with van der Waals surface area (Å²) in [6, 6.07) is 7.22. The summed E-state index contributed by atoms with van der Waals surface area (Å²) in [5.74, 6) is 0. The highest BCUT2D eigenvalue weighted by molar-refractivity contribution is 7.13. The molecule has 0 radical (unpaired) electrons. The first kappa shape index (κ1) is 13.6. The maximum absolute atomic E-state index is 4.74. The average Bonchev–Trinajstić information content (AvgIpc) is 3.04. The largest absolute Gasteiger partial charge is 0.374 e. The van der Waals surface area contributed by atoms with Gasteiger partial charge in [0, 0.05) is 42.8 Å². The number of nitrogens with zero attached hydrogens (tertiary/aromatic N) is 2. The molecule has 20 heavy (non-hydrogen) atoms. The Labute approximate surface area is 124 Å². The maximum Gasteiger partial charge on any atom is 0.123 e. The molecule has 1 aromatic carbocycles. The number of nitrogens with one attached hydrogen (secondary N) is 1. The van der Waals surface area contributed by atoms with Crippen LogP contribution < -0.4 is 10.2 Å². The summed E-state index contributed by atoms with van der Waals surface area (Å²) >= 11 is 1.74. The number of hydrogen-bond donors (Lipinski definition) is 1. The Morgan fingerprint density at radius 3 is 3.05 bits per heavy atom. The van der Waals surface area contributed by atoms with Gasteiger partial charge >= 0.3 is 0 Å². The molecule has 1 N–H and O–H groups in total. The highest BCUT2D eigenvalue weighted by atomic mass is 32.1. The van der Waals surface area contributed by atoms with Gasteiger partial charge in [-0.15, -0.1) is 11.3 Å². The van der Waals surface area contributed by atoms with E-state index >= 15 is 0 Å². The van der Waals surface area contributed by atoms with Crippen LogP contribution in [0.2, 0.25) is 0 Å². The predicted octanol–water partition coefficient (Wildman–Crippen LogP) is 3.30. The molecule has 106 valence electrons. The van der Waals surface area contributed by atoms with Gasteiger partial charge < -0.3 is 10.2 Å². The lowest BCUT2D eigenvalue weighted by molar-refractivity contribution is 0.583. The van der Waals surface area contributed by atoms with Crippen LogP contribution in [-0.4, -0.2) is 24.6 Å². The van der Waals surface area contributed by atoms with Crippen molar-refractivity contribution in [3.63, 3.8) is 0 Å². The van der Waals surface area contributed by atoms with E-state index in [1.54, 1.807) is 11.3 Å². The topological polar surface area (TPSA) is 28.2 Å². The van der Waals surface area contributed by atoms with Crippen molar-refractivity contribution in [1.82, 2.24) is 10.3 Å². The Hall–Kier alpha value is -1.39. The number of rotatable bonds is 4. The molecule has 0 saturated heterocycles. The van der Waals surface area contributed by atoms with Gasteiger partial charge in [0.15, 0.2) is 0 Å². The van der Waals surface area contributed by atoms with Crippen LogP contribution in [0, 0.1) is 0 Å². The van der Waals surface area contributed by atoms with E-state index in [1.165, 1.54) is 16.8 Å². The Bertz CT molecular complexity index is 604. The van der Waals surface area contributed by atoms with Gasteiger partial charge in [0.25, 0.3) is 0 Å². The van der Waals surface area contributed by atoms with E-state index in [1.807, 2.05) is 0 Å². The van der Waals surface area contributed by atoms with Crippen molar-refractivity contribution in [2.24, 2.45) is 0 Å². The molecule has 4 heteroatoms. The van der Waals surface area contributed by atoms with Crippen molar-refractivity contribution in [2.75, 3.05) is 18.5 Å². The fraction of sp³-hybridized carbons (Fsp3) is 0.438. The molecular weight excluding hydrogens is 266 g/mol. The molecule has 0 aliphatic carbocycles. The van der Waals surface area contributed by atoms with Crippen LogP contribution in [0.15, 0.2) is 23.6 Å². The zero-order valence-electron chi connectivity index (χ0n) is 12.3. The summed E-state index contributed by atoms with van der Waals surface area (Å²) in [6.45, 7) is 6.29. The third-order valence-corrected chi connectivity index (χ3v) is 4.64. The number of hydrogen-bond acceptors (Lipinski definition) is 4. The number of benzene rings is 1. The summed E-state index contributed by atoms with van der Waals surface area (Å²) in [6.07, 6.45) is 1.15. The minimum absolute atomic E-state index is 0.496. The van der Waals surface area contributed by atoms with Crippen LogP contribution in [-0.2, 0) is 13.0 Å². The van der Waals surface area contributed by atoms with Crippen LogP contribution in [0.25, 0.3) is 10.6 Å². The number of aromatic nitrogens is 1. The number of anilines is 1. The molecule has 0 spiro atoms. The Balaban J connectivity index is 1.80. The van der Waals surface area contributed by atoms with Crippen molar-refractivity contribution in [3.8, 4) is 10.6 Å². The van der Waals surface area contributed by atoms with Gasteiger partial charge in [0.1, 0.15) is 5.01 Å². The summed E-state index contributed by atoms with van der Waals surface area (Å²) in [7, 11) is 2.16. The lowest BCUT2D eigenvalue weighted by Crippen LogP contribution is -2.21. The second-order valence-electron chi connectivity index (χ2n) is 5.69. The molecule has 1 aromatic heterocycles. The summed E-state index contributed by atoms with van der Waals surface area (Å²) in [4.78, 5) is 7.06. The molecule has 0 unspecified atom stereocenters. The Morgan fingerprint density at radius 1 is 1.40 bits per heavy atom. The van der Waals surface area contributed by atoms with E-state index in [4.69, 9.17) is 4.98 Å². The highest BCUT2D eigenvalue weighted by Crippen LogP contribution is 2.32. The van der Waals surface area contributed by atoms with E-state index in [2.05, 4.69) is 54.7 Å². The molecule has 1 aliphatic rings. The van der Waals surface area contributed by atoms with Gasteiger partial charge in [-0.1, -0.05) is 13.8 Å². The lowest BCUT2D eigenvalue weighted by atomic mass is 10.1. The van der Waals surface area contributed by atoms with Crippen LogP contribution in [0.3, 0.4) is 0 Å². The molecule has 2 heterocycles. The molecule has 1 aliphatic heterocycles. The van der Waals surface area contributed by atoms with E-state index in [-0.39, 0.29) is 0 Å². The van der Waals surface area contributed by atoms with Crippen LogP contribution in [0.4, 0.5) is 5.69 Å². The molecular formula is C16H21N3S. The quantitative estimate of drug-likeness (QED) is 0.935. The van der Waals surface area contributed by atoms with Crippen molar-refractivity contribution in [2.45, 2.75) is 32.9 Å². The van der Waals surface area contributed by atoms with Crippen LogP contribution >= 0.6 is 11.3 Å². The summed E-state index contributed by atoms with van der Waals surface area (Å²) < 4.78 is 0. The molecule has 2 aromatic rings. The van der Waals surface area contributed by atoms with E-state index < -0.39 is 0 Å². The van der Waals surface area contributed by atoms with E-state index in [9.17, 15) is 0 Å². The van der Waals surface area contributed by atoms with Crippen molar-refractivity contribution in [3.05, 3.63) is 34.8 Å². The van der Waals surface area contributed by atoms with Crippen molar-refractivity contribution >= 4 is 17.0 Å². The fourth-order valence-corrected chi connectivity index (χ4v) is 3.35. The second kappa shape index (κ2) is 5.54. The molecule has 0 saturated carbocycles. The molecule has 3 nitrogen and oxygen atoms in total. The summed E-state index contributed by atoms with van der Waals surface area (Å²) in [5, 5.41) is 6.70. The third kappa shape index (κ3) is 2.72. The average molecular weight is 287 g/mol. The fourth-order valence-electron chi connectivity index (χ4n) is 2.53. The maximum atomic E-state index is 4.74. The van der Waals surface area contributed by atoms with E-state index in [0.717, 1.165) is 30.2 Å². The highest BCUT2D eigenvalue weighted by Gasteiger charge is 2.16. The third-order valence-electron chi connectivity index (χ3n) is 3.70. The van der Waals surface area contributed by atoms with Crippen molar-refractivity contribution in [1.29, 1.82) is 0 Å². The van der Waals surface area contributed by atoms with Crippen LogP contribution in [0.5, 0.6) is 0 Å². The van der Waals surface area contributed by atoms with Crippen molar-refractivity contribution < 1.29 is 0 Å². The minimum Gasteiger partial charge on any atom is -0.374 e. The zero-order valence-corrected chi connectivity index (χ0v) is 13.1. The standard InChI is InChI=1S/C16H21N3S/c1-11(2)17-9-14-10-20-16(18-14)13-4-5-15-12(8-13)6-7-19(15)3/h4-5,8,10-11,17H,6-7,9H2,1-3H3. The zero-order chi connectivity index (χ0) is 14.1. The monoisotopic (exact) mass is 287 g/mol. The lowest BCUT2D eigenvalue weighted by Gasteiger charge is -2.11.